The molecule has 0 aliphatic carbocycles. The van der Waals surface area contributed by atoms with E-state index >= 15 is 4.39 Å². The average molecular weight is 854 g/mol. The third kappa shape index (κ3) is 8.11. The minimum absolute atomic E-state index is 0.000297. The maximum atomic E-state index is 15.1. The molecule has 17 heteroatoms. The van der Waals surface area contributed by atoms with Crippen LogP contribution < -0.4 is 10.4 Å². The number of rotatable bonds is 10. The van der Waals surface area contributed by atoms with E-state index in [0.29, 0.717) is 44.9 Å². The largest absolute Gasteiger partial charge is 0.508 e. The molecule has 13 nitrogen and oxygen atoms in total. The van der Waals surface area contributed by atoms with Crippen LogP contribution in [0, 0.1) is 11.6 Å². The Bertz CT molecular complexity index is 3100. The Morgan fingerprint density at radius 3 is 2.43 bits per heavy atom. The number of carbonyl (C=O) groups is 1. The molecule has 0 saturated heterocycles. The zero-order valence-electron chi connectivity index (χ0n) is 32.6. The Labute approximate surface area is 347 Å². The molecule has 0 radical (unpaired) electrons. The van der Waals surface area contributed by atoms with Gasteiger partial charge in [0.1, 0.15) is 23.0 Å². The Morgan fingerprint density at radius 1 is 0.967 bits per heavy atom. The number of aryl methyl sites for hydroxylation is 1. The molecule has 4 heterocycles. The van der Waals surface area contributed by atoms with Gasteiger partial charge in [0, 0.05) is 64.1 Å². The van der Waals surface area contributed by atoms with Gasteiger partial charge in [0.25, 0.3) is 0 Å². The van der Waals surface area contributed by atoms with E-state index in [1.54, 1.807) is 49.5 Å². The number of pyridine rings is 1. The molecular weight excluding hydrogens is 816 g/mol. The van der Waals surface area contributed by atoms with Crippen LogP contribution in [-0.4, -0.2) is 59.5 Å². The van der Waals surface area contributed by atoms with Gasteiger partial charge in [0.15, 0.2) is 11.6 Å². The van der Waals surface area contributed by atoms with Gasteiger partial charge in [-0.15, -0.1) is 0 Å². The fraction of sp³-hybridized carbons (Fsp3) is 0.163. The number of phenolic OH excluding ortho intramolecular Hbond substituents is 2. The summed E-state index contributed by atoms with van der Waals surface area (Å²) in [5.74, 6) is -3.36. The fourth-order valence-electron chi connectivity index (χ4n) is 6.81. The molecule has 0 unspecified atom stereocenters. The van der Waals surface area contributed by atoms with Gasteiger partial charge >= 0.3 is 5.69 Å². The summed E-state index contributed by atoms with van der Waals surface area (Å²) in [6, 6.07) is 21.1. The number of hydrogen-bond donors (Lipinski definition) is 5. The molecule has 0 bridgehead atoms. The summed E-state index contributed by atoms with van der Waals surface area (Å²) < 4.78 is 59.2. The number of aromatic hydroxyl groups is 2. The second-order valence-corrected chi connectivity index (χ2v) is 16.6. The summed E-state index contributed by atoms with van der Waals surface area (Å²) in [6.45, 7) is 5.53. The molecule has 60 heavy (non-hydrogen) atoms. The minimum Gasteiger partial charge on any atom is -0.508 e. The van der Waals surface area contributed by atoms with Gasteiger partial charge in [-0.05, 0) is 84.1 Å². The van der Waals surface area contributed by atoms with Gasteiger partial charge in [0.05, 0.1) is 28.3 Å². The number of halogens is 3. The molecule has 5 N–H and O–H groups in total. The standard InChI is InChI=1S/C23H18ClF2N3O3S.C20H20N4O3/c1-2-9-33(31,32)29-19-8-7-18(25)20(21(19)26)22(30)17-12-28-23-16(17)10-14(11-27-23)13-3-5-15(24)6-4-13;1-11(2)14-9-15(18(26)10-17(14)25)19-21-22-20(27)24(19)13-4-5-16-12(8-13)6-7-23(16)3/h3-8,10-12,29H,2,9H2,1H3,(H,27,28);4-11,25-26H,1-3H3,(H,22,27). The number of benzene rings is 4. The van der Waals surface area contributed by atoms with Crippen LogP contribution in [0.15, 0.2) is 102 Å². The normalized spacial score (nSPS) is 11.6. The van der Waals surface area contributed by atoms with E-state index < -0.39 is 44.4 Å². The van der Waals surface area contributed by atoms with Gasteiger partial charge in [-0.3, -0.25) is 9.52 Å². The molecule has 0 fully saturated rings. The topological polar surface area (TPSA) is 188 Å². The van der Waals surface area contributed by atoms with Gasteiger partial charge in [-0.25, -0.2) is 36.6 Å². The zero-order chi connectivity index (χ0) is 43.0. The van der Waals surface area contributed by atoms with E-state index in [1.807, 2.05) is 55.9 Å². The van der Waals surface area contributed by atoms with Crippen LogP contribution in [0.5, 0.6) is 11.5 Å². The second-order valence-electron chi connectivity index (χ2n) is 14.3. The molecule has 8 aromatic rings. The van der Waals surface area contributed by atoms with Crippen molar-refractivity contribution in [1.82, 2.24) is 29.3 Å². The summed E-state index contributed by atoms with van der Waals surface area (Å²) >= 11 is 5.93. The summed E-state index contributed by atoms with van der Waals surface area (Å²) in [6.07, 6.45) is 5.18. The Hall–Kier alpha value is -6.78. The lowest BCUT2D eigenvalue weighted by molar-refractivity contribution is 0.103. The first-order valence-electron chi connectivity index (χ1n) is 18.6. The lowest BCUT2D eigenvalue weighted by Gasteiger charge is -2.13. The van der Waals surface area contributed by atoms with Crippen molar-refractivity contribution in [3.63, 3.8) is 0 Å². The average Bonchev–Trinajstić information content (AvgIpc) is 3.92. The number of carbonyl (C=O) groups excluding carboxylic acids is 1. The van der Waals surface area contributed by atoms with Crippen LogP contribution >= 0.6 is 11.6 Å². The van der Waals surface area contributed by atoms with E-state index in [2.05, 4.69) is 24.9 Å². The van der Waals surface area contributed by atoms with E-state index in [-0.39, 0.29) is 34.6 Å². The number of aromatic amines is 2. The molecule has 0 spiro atoms. The molecule has 0 saturated carbocycles. The van der Waals surface area contributed by atoms with Crippen molar-refractivity contribution in [3.8, 4) is 39.7 Å². The van der Waals surface area contributed by atoms with Gasteiger partial charge < -0.3 is 19.8 Å². The number of hydrogen-bond acceptors (Lipinski definition) is 8. The van der Waals surface area contributed by atoms with Gasteiger partial charge in [-0.2, -0.15) is 5.10 Å². The Morgan fingerprint density at radius 2 is 1.72 bits per heavy atom. The first-order chi connectivity index (χ1) is 28.6. The number of H-pyrrole nitrogens is 2. The lowest BCUT2D eigenvalue weighted by atomic mass is 9.98. The fourth-order valence-corrected chi connectivity index (χ4v) is 8.07. The van der Waals surface area contributed by atoms with E-state index in [1.165, 1.54) is 16.8 Å². The van der Waals surface area contributed by atoms with Crippen LogP contribution in [0.3, 0.4) is 0 Å². The van der Waals surface area contributed by atoms with Crippen molar-refractivity contribution in [2.75, 3.05) is 10.5 Å². The highest BCUT2D eigenvalue weighted by molar-refractivity contribution is 7.92. The van der Waals surface area contributed by atoms with Crippen LogP contribution in [0.1, 0.15) is 54.6 Å². The van der Waals surface area contributed by atoms with Crippen LogP contribution in [0.2, 0.25) is 5.02 Å². The molecule has 0 amide bonds. The van der Waals surface area contributed by atoms with Crippen LogP contribution in [0.4, 0.5) is 14.5 Å². The molecule has 4 aromatic heterocycles. The Kier molecular flexibility index (Phi) is 11.4. The minimum atomic E-state index is -3.84. The Balaban J connectivity index is 0.000000185. The highest BCUT2D eigenvalue weighted by atomic mass is 35.5. The SMILES string of the molecule is CC(C)c1cc(-c2n[nH]c(=O)n2-c2ccc3c(ccn3C)c2)c(O)cc1O.CCCS(=O)(=O)Nc1ccc(F)c(C(=O)c2c[nH]c3ncc(-c4ccc(Cl)cc4)cc23)c1F. The van der Waals surface area contributed by atoms with Crippen molar-refractivity contribution in [2.45, 2.75) is 33.1 Å². The number of fused-ring (bicyclic) bond motifs is 2. The summed E-state index contributed by atoms with van der Waals surface area (Å²) in [5, 5.41) is 29.0. The van der Waals surface area contributed by atoms with Crippen LogP contribution in [0.25, 0.3) is 50.1 Å². The number of anilines is 1. The summed E-state index contributed by atoms with van der Waals surface area (Å²) in [7, 11) is -1.88. The third-order valence-electron chi connectivity index (χ3n) is 9.82. The van der Waals surface area contributed by atoms with Gasteiger partial charge in [-0.1, -0.05) is 44.5 Å². The highest BCUT2D eigenvalue weighted by Crippen LogP contribution is 2.38. The quantitative estimate of drug-likeness (QED) is 0.0844. The number of sulfonamides is 1. The number of phenols is 2. The zero-order valence-corrected chi connectivity index (χ0v) is 34.2. The number of nitrogens with zero attached hydrogens (tertiary/aromatic N) is 4. The van der Waals surface area contributed by atoms with E-state index in [9.17, 15) is 32.6 Å². The highest BCUT2D eigenvalue weighted by Gasteiger charge is 2.26. The number of ketones is 1. The van der Waals surface area contributed by atoms with Crippen LogP contribution in [-0.2, 0) is 17.1 Å². The number of aromatic nitrogens is 6. The molecule has 0 aliphatic heterocycles. The first kappa shape index (κ1) is 41.4. The molecule has 4 aromatic carbocycles. The lowest BCUT2D eigenvalue weighted by Crippen LogP contribution is -2.18. The molecular formula is C43H38ClF2N7O6S. The van der Waals surface area contributed by atoms with Crippen molar-refractivity contribution in [1.29, 1.82) is 0 Å². The molecule has 8 rings (SSSR count). The molecule has 0 atom stereocenters. The summed E-state index contributed by atoms with van der Waals surface area (Å²) in [4.78, 5) is 32.8. The maximum absolute atomic E-state index is 15.1. The monoisotopic (exact) mass is 853 g/mol. The van der Waals surface area contributed by atoms with E-state index in [0.717, 1.165) is 28.6 Å². The summed E-state index contributed by atoms with van der Waals surface area (Å²) in [5.41, 5.74) is 2.81. The molecule has 0 aliphatic rings. The van der Waals surface area contributed by atoms with Crippen molar-refractivity contribution in [3.05, 3.63) is 141 Å². The van der Waals surface area contributed by atoms with E-state index in [4.69, 9.17) is 11.6 Å². The first-order valence-corrected chi connectivity index (χ1v) is 20.6. The molecule has 308 valence electrons. The van der Waals surface area contributed by atoms with Crippen molar-refractivity contribution in [2.24, 2.45) is 7.05 Å². The van der Waals surface area contributed by atoms with Crippen molar-refractivity contribution >= 4 is 55.0 Å². The van der Waals surface area contributed by atoms with Gasteiger partial charge in [0.2, 0.25) is 15.8 Å². The second kappa shape index (κ2) is 16.5. The smallest absolute Gasteiger partial charge is 0.348 e. The predicted molar refractivity (Wildman–Crippen MR) is 228 cm³/mol. The number of nitrogens with one attached hydrogen (secondary N) is 3. The third-order valence-corrected chi connectivity index (χ3v) is 11.5. The predicted octanol–water partition coefficient (Wildman–Crippen LogP) is 8.80. The van der Waals surface area contributed by atoms with Crippen molar-refractivity contribution < 1.29 is 32.2 Å². The maximum Gasteiger partial charge on any atom is 0.348 e.